The Bertz CT molecular complexity index is 1040. The van der Waals surface area contributed by atoms with Gasteiger partial charge in [0.25, 0.3) is 5.91 Å². The second-order valence-electron chi connectivity index (χ2n) is 8.91. The summed E-state index contributed by atoms with van der Waals surface area (Å²) in [5, 5.41) is 7.92. The van der Waals surface area contributed by atoms with Crippen molar-refractivity contribution in [1.82, 2.24) is 20.0 Å². The minimum Gasteiger partial charge on any atom is -0.359 e. The van der Waals surface area contributed by atoms with Crippen molar-refractivity contribution in [3.63, 3.8) is 0 Å². The zero-order valence-corrected chi connectivity index (χ0v) is 18.4. The van der Waals surface area contributed by atoms with E-state index in [0.29, 0.717) is 22.4 Å². The molecule has 1 N–H and O–H groups in total. The van der Waals surface area contributed by atoms with E-state index in [1.54, 1.807) is 16.8 Å². The second kappa shape index (κ2) is 8.26. The van der Waals surface area contributed by atoms with Crippen molar-refractivity contribution in [1.29, 1.82) is 0 Å². The molecule has 1 aliphatic rings. The highest BCUT2D eigenvalue weighted by atomic mass is 35.5. The fourth-order valence-corrected chi connectivity index (χ4v) is 3.96. The number of hydrogen-bond donors (Lipinski definition) is 1. The van der Waals surface area contributed by atoms with Gasteiger partial charge in [0.1, 0.15) is 17.3 Å². The summed E-state index contributed by atoms with van der Waals surface area (Å²) in [5.74, 6) is 1.71. The number of hydrogen-bond acceptors (Lipinski definition) is 4. The summed E-state index contributed by atoms with van der Waals surface area (Å²) in [7, 11) is 0. The molecule has 0 radical (unpaired) electrons. The fourth-order valence-electron chi connectivity index (χ4n) is 3.74. The van der Waals surface area contributed by atoms with Crippen LogP contribution in [0.25, 0.3) is 17.2 Å². The lowest BCUT2D eigenvalue weighted by atomic mass is 9.93. The van der Waals surface area contributed by atoms with Crippen LogP contribution in [0.2, 0.25) is 5.02 Å². The smallest absolute Gasteiger partial charge is 0.271 e. The van der Waals surface area contributed by atoms with Crippen LogP contribution in [0.3, 0.4) is 0 Å². The van der Waals surface area contributed by atoms with Crippen LogP contribution in [0.5, 0.6) is 0 Å². The predicted octanol–water partition coefficient (Wildman–Crippen LogP) is 5.54. The van der Waals surface area contributed by atoms with Crippen molar-refractivity contribution in [3.05, 3.63) is 53.0 Å². The van der Waals surface area contributed by atoms with Crippen molar-refractivity contribution in [2.45, 2.75) is 64.3 Å². The van der Waals surface area contributed by atoms with Gasteiger partial charge < -0.3 is 9.84 Å². The largest absolute Gasteiger partial charge is 0.359 e. The van der Waals surface area contributed by atoms with Crippen LogP contribution in [0, 0.1) is 0 Å². The van der Waals surface area contributed by atoms with E-state index >= 15 is 0 Å². The first-order chi connectivity index (χ1) is 14.3. The van der Waals surface area contributed by atoms with E-state index in [9.17, 15) is 4.79 Å². The SMILES string of the molecule is CC(C)(C)c1cc(-n2cc(C(=O)NC3CCCCC3)nc2-c2ccccc2Cl)no1. The van der Waals surface area contributed by atoms with Crippen LogP contribution in [0.1, 0.15) is 69.1 Å². The molecule has 1 aliphatic carbocycles. The second-order valence-corrected chi connectivity index (χ2v) is 9.31. The van der Waals surface area contributed by atoms with E-state index in [-0.39, 0.29) is 17.4 Å². The molecule has 30 heavy (non-hydrogen) atoms. The lowest BCUT2D eigenvalue weighted by Gasteiger charge is -2.22. The van der Waals surface area contributed by atoms with Crippen molar-refractivity contribution < 1.29 is 9.32 Å². The van der Waals surface area contributed by atoms with Crippen molar-refractivity contribution in [2.24, 2.45) is 0 Å². The first kappa shape index (κ1) is 20.7. The minimum absolute atomic E-state index is 0.173. The monoisotopic (exact) mass is 426 g/mol. The number of nitrogens with zero attached hydrogens (tertiary/aromatic N) is 3. The number of benzene rings is 1. The average Bonchev–Trinajstić information content (AvgIpc) is 3.36. The number of nitrogens with one attached hydrogen (secondary N) is 1. The molecule has 7 heteroatoms. The van der Waals surface area contributed by atoms with Gasteiger partial charge in [0.2, 0.25) is 0 Å². The van der Waals surface area contributed by atoms with Gasteiger partial charge in [-0.25, -0.2) is 4.98 Å². The van der Waals surface area contributed by atoms with Gasteiger partial charge in [0.05, 0.1) is 5.02 Å². The van der Waals surface area contributed by atoms with E-state index in [0.717, 1.165) is 37.0 Å². The molecule has 2 heterocycles. The minimum atomic E-state index is -0.183. The first-order valence-corrected chi connectivity index (χ1v) is 10.8. The summed E-state index contributed by atoms with van der Waals surface area (Å²) in [6.07, 6.45) is 7.28. The Balaban J connectivity index is 1.73. The molecule has 6 nitrogen and oxygen atoms in total. The van der Waals surface area contributed by atoms with Gasteiger partial charge in [-0.3, -0.25) is 9.36 Å². The standard InChI is InChI=1S/C23H27ClN4O2/c1-23(2,3)19-13-20(27-30-19)28-14-18(22(29)25-15-9-5-4-6-10-15)26-21(28)16-11-7-8-12-17(16)24/h7-8,11-15H,4-6,9-10H2,1-3H3,(H,25,29). The van der Waals surface area contributed by atoms with Crippen LogP contribution >= 0.6 is 11.6 Å². The molecule has 0 saturated heterocycles. The van der Waals surface area contributed by atoms with E-state index in [1.807, 2.05) is 24.3 Å². The highest BCUT2D eigenvalue weighted by Gasteiger charge is 2.25. The quantitative estimate of drug-likeness (QED) is 0.594. The third kappa shape index (κ3) is 4.29. The van der Waals surface area contributed by atoms with Gasteiger partial charge in [-0.2, -0.15) is 0 Å². The molecular weight excluding hydrogens is 400 g/mol. The maximum Gasteiger partial charge on any atom is 0.271 e. The Morgan fingerprint density at radius 2 is 1.93 bits per heavy atom. The third-order valence-electron chi connectivity index (χ3n) is 5.48. The summed E-state index contributed by atoms with van der Waals surface area (Å²) >= 11 is 6.44. The zero-order valence-electron chi connectivity index (χ0n) is 17.6. The molecule has 0 bridgehead atoms. The summed E-state index contributed by atoms with van der Waals surface area (Å²) < 4.78 is 7.34. The molecule has 3 aromatic rings. The predicted molar refractivity (Wildman–Crippen MR) is 117 cm³/mol. The van der Waals surface area contributed by atoms with Crippen LogP contribution in [-0.4, -0.2) is 26.7 Å². The van der Waals surface area contributed by atoms with Crippen LogP contribution in [0.4, 0.5) is 0 Å². The highest BCUT2D eigenvalue weighted by Crippen LogP contribution is 2.31. The fraction of sp³-hybridized carbons (Fsp3) is 0.435. The van der Waals surface area contributed by atoms with Crippen LogP contribution in [0.15, 0.2) is 41.1 Å². The van der Waals surface area contributed by atoms with Crippen molar-refractivity contribution in [3.8, 4) is 17.2 Å². The highest BCUT2D eigenvalue weighted by molar-refractivity contribution is 6.33. The first-order valence-electron chi connectivity index (χ1n) is 10.5. The molecule has 0 spiro atoms. The zero-order chi connectivity index (χ0) is 21.3. The maximum atomic E-state index is 12.9. The van der Waals surface area contributed by atoms with Gasteiger partial charge in [-0.15, -0.1) is 0 Å². The lowest BCUT2D eigenvalue weighted by Crippen LogP contribution is -2.36. The molecule has 1 fully saturated rings. The number of carbonyl (C=O) groups is 1. The molecule has 1 amide bonds. The molecule has 1 aromatic carbocycles. The summed E-state index contributed by atoms with van der Waals surface area (Å²) in [4.78, 5) is 17.6. The van der Waals surface area contributed by atoms with Gasteiger partial charge in [-0.1, -0.05) is 68.9 Å². The Kier molecular flexibility index (Phi) is 5.69. The summed E-state index contributed by atoms with van der Waals surface area (Å²) in [6, 6.07) is 9.54. The molecule has 4 rings (SSSR count). The van der Waals surface area contributed by atoms with Gasteiger partial charge in [0, 0.05) is 29.3 Å². The summed E-state index contributed by atoms with van der Waals surface area (Å²) in [5.41, 5.74) is 0.893. The van der Waals surface area contributed by atoms with Gasteiger partial charge in [0.15, 0.2) is 5.82 Å². The molecule has 2 aromatic heterocycles. The molecule has 158 valence electrons. The third-order valence-corrected chi connectivity index (χ3v) is 5.81. The van der Waals surface area contributed by atoms with Crippen molar-refractivity contribution >= 4 is 17.5 Å². The van der Waals surface area contributed by atoms with E-state index < -0.39 is 0 Å². The average molecular weight is 427 g/mol. The van der Waals surface area contributed by atoms with Gasteiger partial charge in [-0.05, 0) is 25.0 Å². The Morgan fingerprint density at radius 1 is 1.20 bits per heavy atom. The normalized spacial score (nSPS) is 15.3. The molecule has 0 atom stereocenters. The maximum absolute atomic E-state index is 12.9. The summed E-state index contributed by atoms with van der Waals surface area (Å²) in [6.45, 7) is 6.18. The Morgan fingerprint density at radius 3 is 2.60 bits per heavy atom. The number of carbonyl (C=O) groups excluding carboxylic acids is 1. The molecular formula is C23H27ClN4O2. The van der Waals surface area contributed by atoms with Gasteiger partial charge >= 0.3 is 0 Å². The van der Waals surface area contributed by atoms with Crippen LogP contribution < -0.4 is 5.32 Å². The molecule has 1 saturated carbocycles. The molecule has 0 unspecified atom stereocenters. The number of halogens is 1. The Labute approximate surface area is 181 Å². The number of imidazole rings is 1. The van der Waals surface area contributed by atoms with Crippen LogP contribution in [-0.2, 0) is 5.41 Å². The van der Waals surface area contributed by atoms with E-state index in [2.05, 4.69) is 36.2 Å². The topological polar surface area (TPSA) is 73.0 Å². The number of rotatable bonds is 4. The number of amides is 1. The van der Waals surface area contributed by atoms with E-state index in [1.165, 1.54) is 6.42 Å². The molecule has 0 aliphatic heterocycles. The van der Waals surface area contributed by atoms with Crippen molar-refractivity contribution in [2.75, 3.05) is 0 Å². The van der Waals surface area contributed by atoms with E-state index in [4.69, 9.17) is 16.1 Å². The number of aromatic nitrogens is 3. The Hall–Kier alpha value is -2.60. The lowest BCUT2D eigenvalue weighted by molar-refractivity contribution is 0.0923.